The molecule has 1 aliphatic carbocycles. The summed E-state index contributed by atoms with van der Waals surface area (Å²) in [5, 5.41) is 0. The van der Waals surface area contributed by atoms with Crippen LogP contribution in [0, 0.1) is 0 Å². The molecular formula is C28H36N2. The summed E-state index contributed by atoms with van der Waals surface area (Å²) in [5.41, 5.74) is 11.6. The monoisotopic (exact) mass is 400 g/mol. The van der Waals surface area contributed by atoms with Crippen LogP contribution in [0.2, 0.25) is 0 Å². The van der Waals surface area contributed by atoms with Gasteiger partial charge in [0.05, 0.1) is 0 Å². The molecule has 2 N–H and O–H groups in total. The van der Waals surface area contributed by atoms with Crippen molar-refractivity contribution in [3.05, 3.63) is 107 Å². The molecule has 0 aliphatic heterocycles. The summed E-state index contributed by atoms with van der Waals surface area (Å²) < 4.78 is 0. The summed E-state index contributed by atoms with van der Waals surface area (Å²) in [5.74, 6) is 0.540. The average molecular weight is 401 g/mol. The quantitative estimate of drug-likeness (QED) is 0.612. The van der Waals surface area contributed by atoms with Gasteiger partial charge in [-0.3, -0.25) is 0 Å². The fraction of sp³-hybridized carbons (Fsp3) is 0.357. The molecule has 3 aromatic rings. The second-order valence-electron chi connectivity index (χ2n) is 9.37. The Kier molecular flexibility index (Phi) is 7.47. The number of rotatable bonds is 4. The van der Waals surface area contributed by atoms with Crippen molar-refractivity contribution in [3.63, 3.8) is 0 Å². The van der Waals surface area contributed by atoms with Crippen LogP contribution in [-0.4, -0.2) is 30.6 Å². The number of likely N-dealkylation sites (N-methyl/N-ethyl adjacent to an activating group) is 1. The average Bonchev–Trinajstić information content (AvgIpc) is 2.73. The van der Waals surface area contributed by atoms with Crippen molar-refractivity contribution in [1.29, 1.82) is 0 Å². The summed E-state index contributed by atoms with van der Waals surface area (Å²) in [6, 6.07) is 30.8. The summed E-state index contributed by atoms with van der Waals surface area (Å²) in [6.45, 7) is 4.08. The lowest BCUT2D eigenvalue weighted by Crippen LogP contribution is -2.35. The molecule has 2 heteroatoms. The zero-order chi connectivity index (χ0) is 21.6. The number of nitrogens with zero attached hydrogens (tertiary/aromatic N) is 1. The molecular weight excluding hydrogens is 364 g/mol. The van der Waals surface area contributed by atoms with Crippen LogP contribution in [0.3, 0.4) is 0 Å². The molecule has 2 atom stereocenters. The molecule has 0 unspecified atom stereocenters. The minimum Gasteiger partial charge on any atom is -0.325 e. The highest BCUT2D eigenvalue weighted by atomic mass is 15.1. The zero-order valence-electron chi connectivity index (χ0n) is 18.9. The third kappa shape index (κ3) is 6.29. The van der Waals surface area contributed by atoms with Crippen LogP contribution in [0.5, 0.6) is 0 Å². The minimum atomic E-state index is -0.0959. The first-order chi connectivity index (χ1) is 14.3. The molecule has 158 valence electrons. The highest BCUT2D eigenvalue weighted by Crippen LogP contribution is 2.37. The van der Waals surface area contributed by atoms with Crippen LogP contribution < -0.4 is 5.73 Å². The number of hydrogen-bond acceptors (Lipinski definition) is 2. The Balaban J connectivity index is 0.000000199. The third-order valence-electron chi connectivity index (χ3n) is 5.83. The SMILES string of the molecule is CC(C)(N)Cc1ccccc1.CN(C)[C@@H]1Cc2ccccc2[C@@H](c2ccccc2)C1. The maximum atomic E-state index is 5.87. The van der Waals surface area contributed by atoms with Gasteiger partial charge < -0.3 is 10.6 Å². The highest BCUT2D eigenvalue weighted by molar-refractivity contribution is 5.40. The molecule has 30 heavy (non-hydrogen) atoms. The molecule has 0 bridgehead atoms. The third-order valence-corrected chi connectivity index (χ3v) is 5.83. The maximum absolute atomic E-state index is 5.87. The van der Waals surface area contributed by atoms with E-state index in [1.807, 2.05) is 32.0 Å². The van der Waals surface area contributed by atoms with Crippen LogP contribution in [0.1, 0.15) is 48.4 Å². The molecule has 1 aliphatic rings. The van der Waals surface area contributed by atoms with E-state index >= 15 is 0 Å². The standard InChI is InChI=1S/C18H21N.C10H15N/c1-19(2)16-12-15-10-6-7-11-17(15)18(13-16)14-8-4-3-5-9-14;1-10(2,11)8-9-6-4-3-5-7-9/h3-11,16,18H,12-13H2,1-2H3;3-7H,8,11H2,1-2H3/t16-,18-;/m1./s1. The summed E-state index contributed by atoms with van der Waals surface area (Å²) >= 11 is 0. The zero-order valence-corrected chi connectivity index (χ0v) is 18.9. The van der Waals surface area contributed by atoms with Gasteiger partial charge in [-0.1, -0.05) is 84.9 Å². The molecule has 3 aromatic carbocycles. The molecule has 0 saturated heterocycles. The van der Waals surface area contributed by atoms with E-state index in [1.54, 1.807) is 0 Å². The molecule has 0 spiro atoms. The van der Waals surface area contributed by atoms with Gasteiger partial charge in [0.25, 0.3) is 0 Å². The van der Waals surface area contributed by atoms with Crippen LogP contribution >= 0.6 is 0 Å². The summed E-state index contributed by atoms with van der Waals surface area (Å²) in [7, 11) is 4.39. The Morgan fingerprint density at radius 1 is 0.833 bits per heavy atom. The first-order valence-electron chi connectivity index (χ1n) is 11.0. The van der Waals surface area contributed by atoms with Crippen molar-refractivity contribution in [2.24, 2.45) is 5.73 Å². The summed E-state index contributed by atoms with van der Waals surface area (Å²) in [6.07, 6.45) is 3.33. The van der Waals surface area contributed by atoms with E-state index in [4.69, 9.17) is 5.73 Å². The van der Waals surface area contributed by atoms with Crippen LogP contribution in [0.15, 0.2) is 84.9 Å². The Labute approximate surface area is 182 Å². The van der Waals surface area contributed by atoms with Gasteiger partial charge in [0.1, 0.15) is 0 Å². The summed E-state index contributed by atoms with van der Waals surface area (Å²) in [4.78, 5) is 2.37. The lowest BCUT2D eigenvalue weighted by Gasteiger charge is -2.35. The Morgan fingerprint density at radius 3 is 2.00 bits per heavy atom. The molecule has 0 heterocycles. The normalized spacial score (nSPS) is 18.3. The van der Waals surface area contributed by atoms with Crippen molar-refractivity contribution in [1.82, 2.24) is 4.90 Å². The van der Waals surface area contributed by atoms with Gasteiger partial charge in [-0.2, -0.15) is 0 Å². The Bertz CT molecular complexity index is 895. The Hall–Kier alpha value is -2.42. The van der Waals surface area contributed by atoms with Gasteiger partial charge in [-0.05, 0) is 69.5 Å². The lowest BCUT2D eigenvalue weighted by molar-refractivity contribution is 0.258. The first-order valence-corrected chi connectivity index (χ1v) is 11.0. The molecule has 0 fully saturated rings. The fourth-order valence-corrected chi connectivity index (χ4v) is 4.31. The topological polar surface area (TPSA) is 29.3 Å². The number of benzene rings is 3. The second kappa shape index (κ2) is 10.1. The predicted molar refractivity (Wildman–Crippen MR) is 129 cm³/mol. The largest absolute Gasteiger partial charge is 0.325 e. The fourth-order valence-electron chi connectivity index (χ4n) is 4.31. The van der Waals surface area contributed by atoms with E-state index in [9.17, 15) is 0 Å². The van der Waals surface area contributed by atoms with E-state index in [0.717, 1.165) is 6.42 Å². The van der Waals surface area contributed by atoms with Gasteiger partial charge in [-0.25, -0.2) is 0 Å². The first kappa shape index (κ1) is 22.3. The molecule has 0 aromatic heterocycles. The highest BCUT2D eigenvalue weighted by Gasteiger charge is 2.28. The molecule has 0 amide bonds. The number of hydrogen-bond donors (Lipinski definition) is 1. The van der Waals surface area contributed by atoms with Crippen LogP contribution in [0.25, 0.3) is 0 Å². The minimum absolute atomic E-state index is 0.0959. The predicted octanol–water partition coefficient (Wildman–Crippen LogP) is 5.66. The van der Waals surface area contributed by atoms with Crippen LogP contribution in [-0.2, 0) is 12.8 Å². The van der Waals surface area contributed by atoms with E-state index in [2.05, 4.69) is 85.7 Å². The van der Waals surface area contributed by atoms with Gasteiger partial charge in [0.2, 0.25) is 0 Å². The van der Waals surface area contributed by atoms with E-state index in [0.29, 0.717) is 12.0 Å². The van der Waals surface area contributed by atoms with Crippen molar-refractivity contribution < 1.29 is 0 Å². The van der Waals surface area contributed by atoms with Gasteiger partial charge in [-0.15, -0.1) is 0 Å². The van der Waals surface area contributed by atoms with Gasteiger partial charge in [0.15, 0.2) is 0 Å². The van der Waals surface area contributed by atoms with E-state index < -0.39 is 0 Å². The Morgan fingerprint density at radius 2 is 1.40 bits per heavy atom. The molecule has 0 radical (unpaired) electrons. The second-order valence-corrected chi connectivity index (χ2v) is 9.37. The molecule has 2 nitrogen and oxygen atoms in total. The molecule has 4 rings (SSSR count). The van der Waals surface area contributed by atoms with Crippen molar-refractivity contribution in [2.75, 3.05) is 14.1 Å². The van der Waals surface area contributed by atoms with E-state index in [-0.39, 0.29) is 5.54 Å². The van der Waals surface area contributed by atoms with Crippen molar-refractivity contribution >= 4 is 0 Å². The van der Waals surface area contributed by atoms with Gasteiger partial charge >= 0.3 is 0 Å². The maximum Gasteiger partial charge on any atom is 0.0139 e. The lowest BCUT2D eigenvalue weighted by atomic mass is 9.76. The van der Waals surface area contributed by atoms with E-state index in [1.165, 1.54) is 35.1 Å². The van der Waals surface area contributed by atoms with Crippen LogP contribution in [0.4, 0.5) is 0 Å². The van der Waals surface area contributed by atoms with Crippen molar-refractivity contribution in [3.8, 4) is 0 Å². The molecule has 0 saturated carbocycles. The number of fused-ring (bicyclic) bond motifs is 1. The van der Waals surface area contributed by atoms with Crippen molar-refractivity contribution in [2.45, 2.75) is 50.6 Å². The van der Waals surface area contributed by atoms with Gasteiger partial charge in [0, 0.05) is 17.5 Å². The number of nitrogens with two attached hydrogens (primary N) is 1. The smallest absolute Gasteiger partial charge is 0.0139 e.